The van der Waals surface area contributed by atoms with Crippen LogP contribution in [-0.2, 0) is 4.74 Å². The largest absolute Gasteiger partial charge is 0.465 e. The van der Waals surface area contributed by atoms with Crippen LogP contribution in [-0.4, -0.2) is 13.1 Å². The van der Waals surface area contributed by atoms with Crippen molar-refractivity contribution in [1.82, 2.24) is 0 Å². The van der Waals surface area contributed by atoms with Crippen molar-refractivity contribution in [1.29, 1.82) is 0 Å². The van der Waals surface area contributed by atoms with E-state index < -0.39 is 5.97 Å². The standard InChI is InChI=1S/C24H16O2/c1-26-24(25)23-17-21(14-12-19-8-4-2-5-9-19)16-22(18-23)15-13-20-10-6-3-7-11-20/h2-11,16-18H,1H3. The summed E-state index contributed by atoms with van der Waals surface area (Å²) in [7, 11) is 1.36. The summed E-state index contributed by atoms with van der Waals surface area (Å²) in [6.07, 6.45) is 0. The van der Waals surface area contributed by atoms with E-state index in [4.69, 9.17) is 4.74 Å². The second kappa shape index (κ2) is 8.38. The van der Waals surface area contributed by atoms with E-state index in [1.54, 1.807) is 12.1 Å². The Hall–Kier alpha value is -3.75. The maximum atomic E-state index is 11.9. The summed E-state index contributed by atoms with van der Waals surface area (Å²) in [6, 6.07) is 24.7. The van der Waals surface area contributed by atoms with Gasteiger partial charge in [0, 0.05) is 22.3 Å². The molecule has 0 saturated heterocycles. The normalized spacial score (nSPS) is 9.27. The van der Waals surface area contributed by atoms with Gasteiger partial charge in [-0.2, -0.15) is 0 Å². The minimum Gasteiger partial charge on any atom is -0.465 e. The number of rotatable bonds is 1. The van der Waals surface area contributed by atoms with Crippen LogP contribution in [0.3, 0.4) is 0 Å². The first-order valence-electron chi connectivity index (χ1n) is 8.12. The van der Waals surface area contributed by atoms with Crippen molar-refractivity contribution in [2.24, 2.45) is 0 Å². The van der Waals surface area contributed by atoms with Crippen molar-refractivity contribution in [2.45, 2.75) is 0 Å². The molecule has 26 heavy (non-hydrogen) atoms. The minimum absolute atomic E-state index is 0.406. The molecule has 3 aromatic rings. The highest BCUT2D eigenvalue weighted by Crippen LogP contribution is 2.11. The van der Waals surface area contributed by atoms with Crippen LogP contribution in [0.1, 0.15) is 32.6 Å². The van der Waals surface area contributed by atoms with Crippen LogP contribution < -0.4 is 0 Å². The van der Waals surface area contributed by atoms with Crippen molar-refractivity contribution in [3.05, 3.63) is 107 Å². The van der Waals surface area contributed by atoms with Crippen LogP contribution in [0.25, 0.3) is 0 Å². The first-order chi connectivity index (χ1) is 12.7. The Morgan fingerprint density at radius 1 is 0.654 bits per heavy atom. The average Bonchev–Trinajstić information content (AvgIpc) is 2.71. The molecule has 2 heteroatoms. The topological polar surface area (TPSA) is 26.3 Å². The number of carbonyl (C=O) groups excluding carboxylic acids is 1. The zero-order valence-electron chi connectivity index (χ0n) is 14.3. The number of carbonyl (C=O) groups is 1. The fraction of sp³-hybridized carbons (Fsp3) is 0.0417. The summed E-state index contributed by atoms with van der Waals surface area (Å²) >= 11 is 0. The first-order valence-corrected chi connectivity index (χ1v) is 8.12. The van der Waals surface area contributed by atoms with Crippen LogP contribution in [0, 0.1) is 23.7 Å². The SMILES string of the molecule is COC(=O)c1cc(C#Cc2ccccc2)cc(C#Cc2ccccc2)c1. The van der Waals surface area contributed by atoms with Gasteiger partial charge in [-0.1, -0.05) is 60.1 Å². The van der Waals surface area contributed by atoms with Crippen molar-refractivity contribution in [2.75, 3.05) is 7.11 Å². The molecule has 3 aromatic carbocycles. The first kappa shape index (κ1) is 17.1. The molecule has 0 N–H and O–H groups in total. The second-order valence-corrected chi connectivity index (χ2v) is 5.52. The van der Waals surface area contributed by atoms with Crippen LogP contribution in [0.5, 0.6) is 0 Å². The van der Waals surface area contributed by atoms with Crippen molar-refractivity contribution in [3.8, 4) is 23.7 Å². The molecule has 0 aliphatic rings. The third kappa shape index (κ3) is 4.63. The van der Waals surface area contributed by atoms with Crippen LogP contribution in [0.2, 0.25) is 0 Å². The van der Waals surface area contributed by atoms with E-state index in [0.717, 1.165) is 11.1 Å². The lowest BCUT2D eigenvalue weighted by molar-refractivity contribution is 0.0600. The molecule has 0 aliphatic heterocycles. The molecule has 2 nitrogen and oxygen atoms in total. The van der Waals surface area contributed by atoms with Gasteiger partial charge in [0.25, 0.3) is 0 Å². The molecule has 0 saturated carbocycles. The molecule has 124 valence electrons. The molecule has 0 atom stereocenters. The van der Waals surface area contributed by atoms with Crippen LogP contribution in [0.4, 0.5) is 0 Å². The van der Waals surface area contributed by atoms with E-state index in [9.17, 15) is 4.79 Å². The number of benzene rings is 3. The van der Waals surface area contributed by atoms with Crippen molar-refractivity contribution < 1.29 is 9.53 Å². The molecule has 0 radical (unpaired) electrons. The van der Waals surface area contributed by atoms with Gasteiger partial charge in [-0.15, -0.1) is 0 Å². The monoisotopic (exact) mass is 336 g/mol. The van der Waals surface area contributed by atoms with E-state index in [1.165, 1.54) is 7.11 Å². The Morgan fingerprint density at radius 2 is 1.08 bits per heavy atom. The highest BCUT2D eigenvalue weighted by Gasteiger charge is 2.07. The maximum Gasteiger partial charge on any atom is 0.337 e. The summed E-state index contributed by atoms with van der Waals surface area (Å²) in [5.74, 6) is 12.0. The van der Waals surface area contributed by atoms with Gasteiger partial charge in [-0.05, 0) is 42.5 Å². The molecule has 0 spiro atoms. The van der Waals surface area contributed by atoms with Gasteiger partial charge in [0.2, 0.25) is 0 Å². The average molecular weight is 336 g/mol. The summed E-state index contributed by atoms with van der Waals surface area (Å²) < 4.78 is 4.84. The van der Waals surface area contributed by atoms with E-state index in [0.29, 0.717) is 16.7 Å². The molecule has 0 aliphatic carbocycles. The number of ether oxygens (including phenoxy) is 1. The molecule has 0 unspecified atom stereocenters. The Kier molecular flexibility index (Phi) is 5.51. The maximum absolute atomic E-state index is 11.9. The molecule has 0 amide bonds. The summed E-state index contributed by atoms with van der Waals surface area (Å²) in [6.45, 7) is 0. The molecular weight excluding hydrogens is 320 g/mol. The van der Waals surface area contributed by atoms with Gasteiger partial charge in [-0.3, -0.25) is 0 Å². The van der Waals surface area contributed by atoms with Gasteiger partial charge in [-0.25, -0.2) is 4.79 Å². The highest BCUT2D eigenvalue weighted by atomic mass is 16.5. The zero-order valence-corrected chi connectivity index (χ0v) is 14.3. The number of esters is 1. The lowest BCUT2D eigenvalue weighted by Gasteiger charge is -2.02. The van der Waals surface area contributed by atoms with Gasteiger partial charge >= 0.3 is 5.97 Å². The van der Waals surface area contributed by atoms with Gasteiger partial charge < -0.3 is 4.74 Å². The fourth-order valence-electron chi connectivity index (χ4n) is 2.34. The van der Waals surface area contributed by atoms with E-state index >= 15 is 0 Å². The Bertz CT molecular complexity index is 952. The molecular formula is C24H16O2. The zero-order chi connectivity index (χ0) is 18.2. The molecule has 0 bridgehead atoms. The van der Waals surface area contributed by atoms with Crippen LogP contribution >= 0.6 is 0 Å². The number of hydrogen-bond donors (Lipinski definition) is 0. The second-order valence-electron chi connectivity index (χ2n) is 5.52. The van der Waals surface area contributed by atoms with Gasteiger partial charge in [0.1, 0.15) is 0 Å². The molecule has 0 fully saturated rings. The predicted octanol–water partition coefficient (Wildman–Crippen LogP) is 4.27. The van der Waals surface area contributed by atoms with Crippen molar-refractivity contribution >= 4 is 5.97 Å². The third-order valence-corrected chi connectivity index (χ3v) is 3.60. The molecule has 0 aromatic heterocycles. The smallest absolute Gasteiger partial charge is 0.337 e. The Labute approximate surface area is 153 Å². The Balaban J connectivity index is 1.98. The number of hydrogen-bond acceptors (Lipinski definition) is 2. The fourth-order valence-corrected chi connectivity index (χ4v) is 2.34. The van der Waals surface area contributed by atoms with E-state index in [-0.39, 0.29) is 0 Å². The van der Waals surface area contributed by atoms with Crippen molar-refractivity contribution in [3.63, 3.8) is 0 Å². The summed E-state index contributed by atoms with van der Waals surface area (Å²) in [5, 5.41) is 0. The third-order valence-electron chi connectivity index (χ3n) is 3.60. The van der Waals surface area contributed by atoms with Gasteiger partial charge in [0.05, 0.1) is 12.7 Å². The van der Waals surface area contributed by atoms with Crippen LogP contribution in [0.15, 0.2) is 78.9 Å². The summed E-state index contributed by atoms with van der Waals surface area (Å²) in [5.41, 5.74) is 3.69. The number of methoxy groups -OCH3 is 1. The molecule has 0 heterocycles. The quantitative estimate of drug-likeness (QED) is 0.490. The lowest BCUT2D eigenvalue weighted by atomic mass is 10.0. The Morgan fingerprint density at radius 3 is 1.50 bits per heavy atom. The molecule has 3 rings (SSSR count). The lowest BCUT2D eigenvalue weighted by Crippen LogP contribution is -2.02. The minimum atomic E-state index is -0.406. The van der Waals surface area contributed by atoms with Gasteiger partial charge in [0.15, 0.2) is 0 Å². The van der Waals surface area contributed by atoms with E-state index in [2.05, 4.69) is 23.7 Å². The highest BCUT2D eigenvalue weighted by molar-refractivity contribution is 5.90. The summed E-state index contributed by atoms with van der Waals surface area (Å²) in [4.78, 5) is 11.9. The predicted molar refractivity (Wildman–Crippen MR) is 103 cm³/mol. The van der Waals surface area contributed by atoms with E-state index in [1.807, 2.05) is 66.7 Å².